The van der Waals surface area contributed by atoms with Crippen molar-refractivity contribution in [1.29, 1.82) is 0 Å². The van der Waals surface area contributed by atoms with E-state index in [-0.39, 0.29) is 15.9 Å². The fourth-order valence-electron chi connectivity index (χ4n) is 1.17. The summed E-state index contributed by atoms with van der Waals surface area (Å²) in [7, 11) is 0. The molecule has 0 radical (unpaired) electrons. The van der Waals surface area contributed by atoms with Gasteiger partial charge in [-0.15, -0.1) is 0 Å². The van der Waals surface area contributed by atoms with Crippen molar-refractivity contribution in [2.75, 3.05) is 0 Å². The molecule has 0 bridgehead atoms. The molecular weight excluding hydrogens is 275 g/mol. The third kappa shape index (κ3) is 1.48. The van der Waals surface area contributed by atoms with E-state index in [1.54, 1.807) is 0 Å². The van der Waals surface area contributed by atoms with Crippen molar-refractivity contribution in [2.24, 2.45) is 0 Å². The number of pyridine rings is 1. The van der Waals surface area contributed by atoms with Crippen LogP contribution in [-0.2, 0) is 0 Å². The molecule has 0 unspecified atom stereocenters. The van der Waals surface area contributed by atoms with E-state index in [0.717, 1.165) is 12.1 Å². The zero-order valence-electron chi connectivity index (χ0n) is 6.69. The molecule has 0 aliphatic carbocycles. The van der Waals surface area contributed by atoms with Crippen LogP contribution in [0.2, 0.25) is 5.02 Å². The van der Waals surface area contributed by atoms with Crippen molar-refractivity contribution >= 4 is 38.4 Å². The van der Waals surface area contributed by atoms with E-state index in [1.807, 2.05) is 0 Å². The SMILES string of the molecule is Fc1cc(F)c2ncc(Br)c(Cl)c2c1. The van der Waals surface area contributed by atoms with Gasteiger partial charge < -0.3 is 0 Å². The molecule has 2 rings (SSSR count). The third-order valence-corrected chi connectivity index (χ3v) is 3.02. The molecule has 0 spiro atoms. The second-order valence-electron chi connectivity index (χ2n) is 2.70. The van der Waals surface area contributed by atoms with Crippen LogP contribution in [0.25, 0.3) is 10.9 Å². The first-order valence-corrected chi connectivity index (χ1v) is 4.85. The molecule has 2 aromatic rings. The summed E-state index contributed by atoms with van der Waals surface area (Å²) in [6.45, 7) is 0. The van der Waals surface area contributed by atoms with Crippen molar-refractivity contribution in [3.8, 4) is 0 Å². The Morgan fingerprint density at radius 2 is 2.00 bits per heavy atom. The fraction of sp³-hybridized carbons (Fsp3) is 0. The van der Waals surface area contributed by atoms with Gasteiger partial charge in [0.2, 0.25) is 0 Å². The summed E-state index contributed by atoms with van der Waals surface area (Å²) < 4.78 is 26.6. The lowest BCUT2D eigenvalue weighted by Crippen LogP contribution is -1.88. The monoisotopic (exact) mass is 277 g/mol. The van der Waals surface area contributed by atoms with Gasteiger partial charge in [0.05, 0.1) is 9.50 Å². The molecule has 1 heterocycles. The van der Waals surface area contributed by atoms with E-state index in [1.165, 1.54) is 6.20 Å². The molecule has 0 saturated heterocycles. The number of nitrogens with zero attached hydrogens (tertiary/aromatic N) is 1. The van der Waals surface area contributed by atoms with Gasteiger partial charge in [-0.05, 0) is 22.0 Å². The first-order chi connectivity index (χ1) is 6.59. The second kappa shape index (κ2) is 3.44. The van der Waals surface area contributed by atoms with Gasteiger partial charge in [-0.3, -0.25) is 4.98 Å². The van der Waals surface area contributed by atoms with E-state index in [9.17, 15) is 8.78 Å². The third-order valence-electron chi connectivity index (χ3n) is 1.78. The van der Waals surface area contributed by atoms with Gasteiger partial charge in [-0.1, -0.05) is 11.6 Å². The highest BCUT2D eigenvalue weighted by atomic mass is 79.9. The summed E-state index contributed by atoms with van der Waals surface area (Å²) in [4.78, 5) is 3.81. The van der Waals surface area contributed by atoms with Crippen LogP contribution >= 0.6 is 27.5 Å². The number of fused-ring (bicyclic) bond motifs is 1. The summed E-state index contributed by atoms with van der Waals surface area (Å²) in [6.07, 6.45) is 1.38. The highest BCUT2D eigenvalue weighted by molar-refractivity contribution is 9.10. The van der Waals surface area contributed by atoms with Gasteiger partial charge >= 0.3 is 0 Å². The Morgan fingerprint density at radius 1 is 1.29 bits per heavy atom. The van der Waals surface area contributed by atoms with Crippen LogP contribution in [0, 0.1) is 11.6 Å². The minimum atomic E-state index is -0.714. The molecule has 0 atom stereocenters. The Morgan fingerprint density at radius 3 is 2.71 bits per heavy atom. The number of aromatic nitrogens is 1. The lowest BCUT2D eigenvalue weighted by Gasteiger charge is -2.02. The summed E-state index contributed by atoms with van der Waals surface area (Å²) >= 11 is 8.98. The highest BCUT2D eigenvalue weighted by Gasteiger charge is 2.10. The number of hydrogen-bond donors (Lipinski definition) is 0. The molecule has 0 aliphatic rings. The molecule has 72 valence electrons. The van der Waals surface area contributed by atoms with E-state index in [2.05, 4.69) is 20.9 Å². The van der Waals surface area contributed by atoms with Crippen LogP contribution in [0.3, 0.4) is 0 Å². The van der Waals surface area contributed by atoms with Crippen molar-refractivity contribution in [3.63, 3.8) is 0 Å². The molecule has 0 amide bonds. The standard InChI is InChI=1S/C9H3BrClF2N/c10-6-3-14-9-5(8(6)11)1-4(12)2-7(9)13/h1-3H. The van der Waals surface area contributed by atoms with Gasteiger partial charge in [0.1, 0.15) is 11.3 Å². The van der Waals surface area contributed by atoms with Crippen LogP contribution in [0.15, 0.2) is 22.8 Å². The summed E-state index contributed by atoms with van der Waals surface area (Å²) in [6, 6.07) is 1.93. The van der Waals surface area contributed by atoms with E-state index in [4.69, 9.17) is 11.6 Å². The number of benzene rings is 1. The van der Waals surface area contributed by atoms with Gasteiger partial charge in [-0.2, -0.15) is 0 Å². The van der Waals surface area contributed by atoms with Crippen molar-refractivity contribution in [3.05, 3.63) is 39.5 Å². The first-order valence-electron chi connectivity index (χ1n) is 3.68. The maximum atomic E-state index is 13.2. The normalized spacial score (nSPS) is 10.9. The van der Waals surface area contributed by atoms with Crippen LogP contribution in [0.1, 0.15) is 0 Å². The average Bonchev–Trinajstić information content (AvgIpc) is 2.12. The van der Waals surface area contributed by atoms with Gasteiger partial charge in [0.25, 0.3) is 0 Å². The molecule has 0 aliphatic heterocycles. The Bertz CT molecular complexity index is 516. The number of hydrogen-bond acceptors (Lipinski definition) is 1. The molecule has 0 saturated carbocycles. The molecule has 0 N–H and O–H groups in total. The minimum absolute atomic E-state index is 0.0691. The highest BCUT2D eigenvalue weighted by Crippen LogP contribution is 2.30. The molecule has 1 nitrogen and oxygen atoms in total. The fourth-order valence-corrected chi connectivity index (χ4v) is 1.68. The zero-order valence-corrected chi connectivity index (χ0v) is 9.03. The Hall–Kier alpha value is -0.740. The predicted octanol–water partition coefficient (Wildman–Crippen LogP) is 3.93. The molecule has 5 heteroatoms. The predicted molar refractivity (Wildman–Crippen MR) is 54.4 cm³/mol. The van der Waals surface area contributed by atoms with Crippen LogP contribution in [0.4, 0.5) is 8.78 Å². The maximum absolute atomic E-state index is 13.2. The largest absolute Gasteiger partial charge is 0.252 e. The zero-order chi connectivity index (χ0) is 10.3. The van der Waals surface area contributed by atoms with Crippen LogP contribution in [-0.4, -0.2) is 4.98 Å². The Balaban J connectivity index is 2.95. The molecule has 0 fully saturated rings. The summed E-state index contributed by atoms with van der Waals surface area (Å²) in [5.74, 6) is -1.38. The van der Waals surface area contributed by atoms with Crippen LogP contribution in [0.5, 0.6) is 0 Å². The topological polar surface area (TPSA) is 12.9 Å². The maximum Gasteiger partial charge on any atom is 0.152 e. The lowest BCUT2D eigenvalue weighted by molar-refractivity contribution is 0.590. The molecule has 1 aromatic carbocycles. The molecule has 1 aromatic heterocycles. The van der Waals surface area contributed by atoms with Gasteiger partial charge in [0.15, 0.2) is 5.82 Å². The minimum Gasteiger partial charge on any atom is -0.252 e. The summed E-state index contributed by atoms with van der Waals surface area (Å²) in [5, 5.41) is 0.520. The van der Waals surface area contributed by atoms with Crippen molar-refractivity contribution < 1.29 is 8.78 Å². The summed E-state index contributed by atoms with van der Waals surface area (Å²) in [5.41, 5.74) is 0.0691. The van der Waals surface area contributed by atoms with Crippen molar-refractivity contribution in [1.82, 2.24) is 4.98 Å². The van der Waals surface area contributed by atoms with E-state index in [0.29, 0.717) is 4.47 Å². The van der Waals surface area contributed by atoms with E-state index < -0.39 is 11.6 Å². The lowest BCUT2D eigenvalue weighted by atomic mass is 10.2. The average molecular weight is 278 g/mol. The second-order valence-corrected chi connectivity index (χ2v) is 3.94. The van der Waals surface area contributed by atoms with Gasteiger partial charge in [-0.25, -0.2) is 8.78 Å². The smallest absolute Gasteiger partial charge is 0.152 e. The molecular formula is C9H3BrClF2N. The Labute approximate surface area is 91.8 Å². The molecule has 14 heavy (non-hydrogen) atoms. The van der Waals surface area contributed by atoms with Crippen molar-refractivity contribution in [2.45, 2.75) is 0 Å². The number of rotatable bonds is 0. The quantitative estimate of drug-likeness (QED) is 0.711. The Kier molecular flexibility index (Phi) is 2.41. The van der Waals surface area contributed by atoms with Gasteiger partial charge in [0, 0.05) is 17.6 Å². The van der Waals surface area contributed by atoms with E-state index >= 15 is 0 Å². The first kappa shape index (κ1) is 9.80. The number of halogens is 4. The van der Waals surface area contributed by atoms with Crippen LogP contribution < -0.4 is 0 Å².